The van der Waals surface area contributed by atoms with Gasteiger partial charge in [0.1, 0.15) is 0 Å². The van der Waals surface area contributed by atoms with Crippen molar-refractivity contribution in [2.75, 3.05) is 0 Å². The fourth-order valence-corrected chi connectivity index (χ4v) is 0.551. The number of rotatable bonds is 1. The van der Waals surface area contributed by atoms with Gasteiger partial charge in [-0.3, -0.25) is 4.79 Å². The highest BCUT2D eigenvalue weighted by atomic mass is 35.7. The first-order chi connectivity index (χ1) is 6.30. The lowest BCUT2D eigenvalue weighted by Crippen LogP contribution is -2.68. The number of H-pyrrole nitrogens is 1. The molecule has 1 amide bonds. The molecule has 3 N–H and O–H groups in total. The van der Waals surface area contributed by atoms with Gasteiger partial charge < -0.3 is 5.73 Å². The normalized spacial score (nSPS) is 10.0. The van der Waals surface area contributed by atoms with E-state index in [2.05, 4.69) is 4.98 Å². The Morgan fingerprint density at radius 3 is 1.79 bits per heavy atom. The molecule has 0 spiro atoms. The minimum Gasteiger partial charge on any atom is -0.366 e. The minimum atomic E-state index is -4.94. The van der Waals surface area contributed by atoms with Crippen LogP contribution in [0.3, 0.4) is 0 Å². The van der Waals surface area contributed by atoms with Gasteiger partial charge >= 0.3 is 0 Å². The predicted molar refractivity (Wildman–Crippen MR) is 31.5 cm³/mol. The van der Waals surface area contributed by atoms with Crippen molar-refractivity contribution in [1.29, 1.82) is 0 Å². The van der Waals surface area contributed by atoms with Crippen LogP contribution in [0.25, 0.3) is 0 Å². The Bertz CT molecular complexity index is 280. The zero-order valence-corrected chi connectivity index (χ0v) is 7.56. The Labute approximate surface area is 81.2 Å². The highest BCUT2D eigenvalue weighted by Crippen LogP contribution is 1.89. The molecule has 8 heteroatoms. The number of hydrogen-bond acceptors (Lipinski definition) is 5. The quantitative estimate of drug-likeness (QED) is 0.504. The minimum absolute atomic E-state index is 0.399. The fraction of sp³-hybridized carbons (Fsp3) is 0. The molecular formula is C6H7ClN2O5. The van der Waals surface area contributed by atoms with Crippen LogP contribution in [-0.4, -0.2) is 5.91 Å². The maximum absolute atomic E-state index is 10.4. The van der Waals surface area contributed by atoms with Gasteiger partial charge in [-0.1, -0.05) is 0 Å². The van der Waals surface area contributed by atoms with Gasteiger partial charge in [0, 0.05) is 12.1 Å². The number of halogens is 1. The summed E-state index contributed by atoms with van der Waals surface area (Å²) in [6.07, 6.45) is 3.31. The summed E-state index contributed by atoms with van der Waals surface area (Å²) in [6.45, 7) is 0. The maximum Gasteiger partial charge on any atom is 0.249 e. The maximum atomic E-state index is 10.4. The van der Waals surface area contributed by atoms with E-state index in [0.717, 1.165) is 0 Å². The van der Waals surface area contributed by atoms with Crippen LogP contribution < -0.4 is 29.4 Å². The van der Waals surface area contributed by atoms with E-state index in [1.54, 1.807) is 24.5 Å². The summed E-state index contributed by atoms with van der Waals surface area (Å²) in [7, 11) is -4.94. The van der Waals surface area contributed by atoms with Gasteiger partial charge in [0.25, 0.3) is 0 Å². The molecule has 0 aliphatic rings. The molecule has 0 atom stereocenters. The van der Waals surface area contributed by atoms with Crippen LogP contribution >= 0.6 is 0 Å². The number of primary amides is 1. The lowest BCUT2D eigenvalue weighted by atomic mass is 10.3. The van der Waals surface area contributed by atoms with Gasteiger partial charge in [0.15, 0.2) is 12.4 Å². The second kappa shape index (κ2) is 5.47. The lowest BCUT2D eigenvalue weighted by Gasteiger charge is -2.17. The van der Waals surface area contributed by atoms with Crippen molar-refractivity contribution in [2.45, 2.75) is 0 Å². The molecule has 0 radical (unpaired) electrons. The van der Waals surface area contributed by atoms with Gasteiger partial charge in [0.05, 0.1) is 5.56 Å². The van der Waals surface area contributed by atoms with Crippen molar-refractivity contribution in [1.82, 2.24) is 0 Å². The molecule has 1 heterocycles. The summed E-state index contributed by atoms with van der Waals surface area (Å²) >= 11 is 0. The van der Waals surface area contributed by atoms with Gasteiger partial charge in [-0.05, 0) is 0 Å². The number of pyridine rings is 1. The Morgan fingerprint density at radius 1 is 1.21 bits per heavy atom. The summed E-state index contributed by atoms with van der Waals surface area (Å²) in [5.41, 5.74) is 5.48. The molecule has 7 nitrogen and oxygen atoms in total. The molecular weight excluding hydrogens is 216 g/mol. The van der Waals surface area contributed by atoms with Gasteiger partial charge in [-0.2, -0.15) is 0 Å². The molecule has 0 bridgehead atoms. The number of amides is 1. The van der Waals surface area contributed by atoms with E-state index in [1.807, 2.05) is 0 Å². The van der Waals surface area contributed by atoms with E-state index >= 15 is 0 Å². The molecule has 78 valence electrons. The van der Waals surface area contributed by atoms with Crippen LogP contribution in [-0.2, 0) is 0 Å². The summed E-state index contributed by atoms with van der Waals surface area (Å²) in [4.78, 5) is 13.2. The van der Waals surface area contributed by atoms with Gasteiger partial charge in [-0.25, -0.2) is 23.6 Å². The predicted octanol–water partition coefficient (Wildman–Crippen LogP) is -5.16. The van der Waals surface area contributed by atoms with Crippen molar-refractivity contribution in [3.63, 3.8) is 0 Å². The molecule has 14 heavy (non-hydrogen) atoms. The molecule has 1 aromatic rings. The first-order valence-corrected chi connectivity index (χ1v) is 4.42. The highest BCUT2D eigenvalue weighted by molar-refractivity contribution is 5.92. The molecule has 0 unspecified atom stereocenters. The summed E-state index contributed by atoms with van der Waals surface area (Å²) < 4.78 is 34.0. The summed E-state index contributed by atoms with van der Waals surface area (Å²) in [5, 5.41) is 0. The van der Waals surface area contributed by atoms with Crippen LogP contribution in [0.1, 0.15) is 10.4 Å². The molecule has 1 rings (SSSR count). The highest BCUT2D eigenvalue weighted by Gasteiger charge is 1.97. The molecule has 0 saturated heterocycles. The monoisotopic (exact) mass is 222 g/mol. The first-order valence-electron chi connectivity index (χ1n) is 3.18. The van der Waals surface area contributed by atoms with Gasteiger partial charge in [0.2, 0.25) is 5.91 Å². The third-order valence-corrected chi connectivity index (χ3v) is 1.00. The van der Waals surface area contributed by atoms with Crippen LogP contribution in [0.4, 0.5) is 0 Å². The second-order valence-corrected chi connectivity index (χ2v) is 2.79. The number of carbonyl (C=O) groups excluding carboxylic acids is 1. The third kappa shape index (κ3) is 8.84. The topological polar surface area (TPSA) is 149 Å². The number of carbonyl (C=O) groups is 1. The second-order valence-electron chi connectivity index (χ2n) is 2.03. The van der Waals surface area contributed by atoms with Crippen molar-refractivity contribution >= 4 is 5.91 Å². The van der Waals surface area contributed by atoms with E-state index in [4.69, 9.17) is 24.4 Å². The average Bonchev–Trinajstić information content (AvgIpc) is 2.03. The lowest BCUT2D eigenvalue weighted by molar-refractivity contribution is -2.00. The van der Waals surface area contributed by atoms with Gasteiger partial charge in [-0.15, -0.1) is 10.2 Å². The summed E-state index contributed by atoms with van der Waals surface area (Å²) in [5.74, 6) is -0.399. The zero-order chi connectivity index (χ0) is 11.2. The Balaban J connectivity index is 0.000000292. The van der Waals surface area contributed by atoms with Crippen LogP contribution in [0.15, 0.2) is 24.5 Å². The molecule has 0 aliphatic heterocycles. The van der Waals surface area contributed by atoms with Crippen LogP contribution in [0, 0.1) is 10.2 Å². The van der Waals surface area contributed by atoms with E-state index in [0.29, 0.717) is 5.56 Å². The van der Waals surface area contributed by atoms with E-state index in [9.17, 15) is 4.79 Å². The van der Waals surface area contributed by atoms with Crippen LogP contribution in [0.5, 0.6) is 0 Å². The largest absolute Gasteiger partial charge is 0.366 e. The molecule has 1 aromatic heterocycles. The fourth-order valence-electron chi connectivity index (χ4n) is 0.551. The van der Waals surface area contributed by atoms with Crippen molar-refractivity contribution in [2.24, 2.45) is 5.73 Å². The number of aromatic amines is 1. The Hall–Kier alpha value is -1.25. The standard InChI is InChI=1S/C6H6N2O.ClHO4/c7-6(9)5-1-3-8-4-2-5;2-1(3,4)5/h1-4H,(H2,7,9);(H,2,3,4,5). The zero-order valence-electron chi connectivity index (χ0n) is 6.81. The smallest absolute Gasteiger partial charge is 0.249 e. The first kappa shape index (κ1) is 12.8. The van der Waals surface area contributed by atoms with E-state index in [1.165, 1.54) is 0 Å². The SMILES string of the molecule is NC(=O)c1cc[nH+]cc1.[O-][Cl+3]([O-])([O-])[O-]. The molecule has 0 aromatic carbocycles. The Kier molecular flexibility index (Phi) is 4.99. The number of nitrogens with two attached hydrogens (primary N) is 1. The number of hydrogen-bond donors (Lipinski definition) is 1. The molecule has 0 fully saturated rings. The third-order valence-electron chi connectivity index (χ3n) is 1.00. The van der Waals surface area contributed by atoms with Crippen molar-refractivity contribution < 1.29 is 38.7 Å². The number of aromatic nitrogens is 1. The molecule has 0 saturated carbocycles. The average molecular weight is 223 g/mol. The number of nitrogens with one attached hydrogen (secondary N) is 1. The molecule has 0 aliphatic carbocycles. The van der Waals surface area contributed by atoms with Crippen molar-refractivity contribution in [3.05, 3.63) is 30.1 Å². The van der Waals surface area contributed by atoms with E-state index < -0.39 is 16.2 Å². The van der Waals surface area contributed by atoms with Crippen molar-refractivity contribution in [3.8, 4) is 0 Å². The Morgan fingerprint density at radius 2 is 1.57 bits per heavy atom. The van der Waals surface area contributed by atoms with E-state index in [-0.39, 0.29) is 0 Å². The summed E-state index contributed by atoms with van der Waals surface area (Å²) in [6, 6.07) is 3.25. The van der Waals surface area contributed by atoms with Crippen LogP contribution in [0.2, 0.25) is 0 Å².